The number of methoxy groups -OCH3 is 1. The van der Waals surface area contributed by atoms with Crippen LogP contribution in [-0.4, -0.2) is 43.2 Å². The molecule has 32 heavy (non-hydrogen) atoms. The second-order valence-corrected chi connectivity index (χ2v) is 8.23. The fourth-order valence-electron chi connectivity index (χ4n) is 3.14. The molecule has 2 amide bonds. The molecule has 0 aromatic heterocycles. The van der Waals surface area contributed by atoms with Crippen LogP contribution in [0.2, 0.25) is 5.02 Å². The number of anilines is 1. The van der Waals surface area contributed by atoms with Crippen molar-refractivity contribution in [2.24, 2.45) is 0 Å². The summed E-state index contributed by atoms with van der Waals surface area (Å²) >= 11 is 7.05. The smallest absolute Gasteiger partial charge is 0.334 e. The third kappa shape index (κ3) is 6.20. The molecule has 0 radical (unpaired) electrons. The van der Waals surface area contributed by atoms with Gasteiger partial charge in [-0.1, -0.05) is 24.3 Å². The van der Waals surface area contributed by atoms with Crippen LogP contribution >= 0.6 is 23.4 Å². The predicted molar refractivity (Wildman–Crippen MR) is 119 cm³/mol. The third-order valence-corrected chi connectivity index (χ3v) is 6.09. The molecule has 1 aromatic carbocycles. The summed E-state index contributed by atoms with van der Waals surface area (Å²) in [6.07, 6.45) is 3.28. The Kier molecular flexibility index (Phi) is 9.46. The average Bonchev–Trinajstić information content (AvgIpc) is 2.77. The summed E-state index contributed by atoms with van der Waals surface area (Å²) in [5.74, 6) is -3.72. The van der Waals surface area contributed by atoms with Gasteiger partial charge in [-0.2, -0.15) is 0 Å². The number of rotatable bonds is 8. The Balaban J connectivity index is 2.48. The van der Waals surface area contributed by atoms with Crippen LogP contribution in [0.3, 0.4) is 0 Å². The topological polar surface area (TPSA) is 90.0 Å². The molecule has 0 heterocycles. The highest BCUT2D eigenvalue weighted by Crippen LogP contribution is 2.36. The summed E-state index contributed by atoms with van der Waals surface area (Å²) in [4.78, 5) is 50.6. The van der Waals surface area contributed by atoms with Crippen molar-refractivity contribution in [2.75, 3.05) is 24.4 Å². The van der Waals surface area contributed by atoms with Crippen LogP contribution in [0.25, 0.3) is 0 Å². The minimum Gasteiger partial charge on any atom is -0.468 e. The molecule has 0 bridgehead atoms. The quantitative estimate of drug-likeness (QED) is 0.310. The Morgan fingerprint density at radius 2 is 1.88 bits per heavy atom. The van der Waals surface area contributed by atoms with Gasteiger partial charge >= 0.3 is 11.9 Å². The van der Waals surface area contributed by atoms with Gasteiger partial charge in [0.15, 0.2) is 0 Å². The molecule has 0 N–H and O–H groups in total. The van der Waals surface area contributed by atoms with Gasteiger partial charge in [0.25, 0.3) is 5.91 Å². The maximum atomic E-state index is 14.8. The zero-order chi connectivity index (χ0) is 23.8. The Bertz CT molecular complexity index is 977. The molecule has 10 heteroatoms. The molecule has 172 valence electrons. The van der Waals surface area contributed by atoms with E-state index in [1.807, 2.05) is 0 Å². The van der Waals surface area contributed by atoms with Gasteiger partial charge in [-0.15, -0.1) is 11.8 Å². The zero-order valence-electron chi connectivity index (χ0n) is 17.7. The number of hydrogen-bond donors (Lipinski definition) is 0. The lowest BCUT2D eigenvalue weighted by Crippen LogP contribution is -2.38. The largest absolute Gasteiger partial charge is 0.468 e. The van der Waals surface area contributed by atoms with Crippen molar-refractivity contribution in [2.45, 2.75) is 37.5 Å². The van der Waals surface area contributed by atoms with E-state index in [0.29, 0.717) is 24.2 Å². The summed E-state index contributed by atoms with van der Waals surface area (Å²) in [5, 5.41) is 0.0154. The highest BCUT2D eigenvalue weighted by Gasteiger charge is 2.32. The number of carbonyl (C=O) groups excluding carboxylic acids is 4. The van der Waals surface area contributed by atoms with E-state index in [9.17, 15) is 23.6 Å². The molecule has 1 aliphatic carbocycles. The van der Waals surface area contributed by atoms with Crippen molar-refractivity contribution < 1.29 is 33.0 Å². The van der Waals surface area contributed by atoms with Crippen LogP contribution in [0, 0.1) is 5.82 Å². The Labute approximate surface area is 194 Å². The Hall–Kier alpha value is -2.65. The average molecular weight is 484 g/mol. The number of carbonyl (C=O) groups is 4. The van der Waals surface area contributed by atoms with E-state index in [4.69, 9.17) is 16.3 Å². The Morgan fingerprint density at radius 1 is 1.22 bits per heavy atom. The molecule has 0 fully saturated rings. The molecule has 0 atom stereocenters. The van der Waals surface area contributed by atoms with E-state index in [-0.39, 0.29) is 45.5 Å². The molecular formula is C22H23ClFNO6S. The SMILES string of the molecule is C=CCOC(=O)C1=C(C(=O)N(C(C)=O)c2cc(SCC(=O)OC)c(Cl)cc2F)CCCC1. The highest BCUT2D eigenvalue weighted by atomic mass is 35.5. The maximum Gasteiger partial charge on any atom is 0.334 e. The van der Waals surface area contributed by atoms with E-state index < -0.39 is 29.6 Å². The number of imide groups is 1. The maximum absolute atomic E-state index is 14.8. The first kappa shape index (κ1) is 25.6. The fourth-order valence-corrected chi connectivity index (χ4v) is 4.24. The number of esters is 2. The number of halogens is 2. The minimum absolute atomic E-state index is 0.0154. The van der Waals surface area contributed by atoms with Gasteiger partial charge < -0.3 is 9.47 Å². The van der Waals surface area contributed by atoms with Gasteiger partial charge in [-0.05, 0) is 37.8 Å². The van der Waals surface area contributed by atoms with Gasteiger partial charge in [-0.25, -0.2) is 14.1 Å². The van der Waals surface area contributed by atoms with E-state index in [2.05, 4.69) is 11.3 Å². The lowest BCUT2D eigenvalue weighted by molar-refractivity contribution is -0.139. The summed E-state index contributed by atoms with van der Waals surface area (Å²) in [6.45, 7) is 4.58. The first-order valence-corrected chi connectivity index (χ1v) is 11.1. The van der Waals surface area contributed by atoms with Crippen molar-refractivity contribution in [1.29, 1.82) is 0 Å². The van der Waals surface area contributed by atoms with Gasteiger partial charge in [0.2, 0.25) is 5.91 Å². The predicted octanol–water partition coefficient (Wildman–Crippen LogP) is 4.22. The number of nitrogens with zero attached hydrogens (tertiary/aromatic N) is 1. The van der Waals surface area contributed by atoms with Gasteiger partial charge in [0, 0.05) is 23.0 Å². The van der Waals surface area contributed by atoms with Crippen LogP contribution in [0.4, 0.5) is 10.1 Å². The van der Waals surface area contributed by atoms with Crippen LogP contribution in [-0.2, 0) is 28.7 Å². The van der Waals surface area contributed by atoms with E-state index >= 15 is 0 Å². The molecule has 1 aromatic rings. The number of benzene rings is 1. The molecule has 0 saturated heterocycles. The Morgan fingerprint density at radius 3 is 2.47 bits per heavy atom. The van der Waals surface area contributed by atoms with Crippen LogP contribution < -0.4 is 4.90 Å². The van der Waals surface area contributed by atoms with Crippen LogP contribution in [0.15, 0.2) is 40.8 Å². The van der Waals surface area contributed by atoms with Crippen LogP contribution in [0.1, 0.15) is 32.6 Å². The normalized spacial score (nSPS) is 13.4. The molecule has 0 saturated carbocycles. The minimum atomic E-state index is -0.895. The second kappa shape index (κ2) is 11.8. The van der Waals surface area contributed by atoms with Crippen molar-refractivity contribution >= 4 is 52.8 Å². The second-order valence-electron chi connectivity index (χ2n) is 6.81. The van der Waals surface area contributed by atoms with Crippen molar-refractivity contribution in [3.05, 3.63) is 46.8 Å². The lowest BCUT2D eigenvalue weighted by Gasteiger charge is -2.25. The van der Waals surface area contributed by atoms with E-state index in [1.54, 1.807) is 0 Å². The fraction of sp³-hybridized carbons (Fsp3) is 0.364. The molecule has 0 aliphatic heterocycles. The van der Waals surface area contributed by atoms with Crippen molar-refractivity contribution in [3.63, 3.8) is 0 Å². The number of ether oxygens (including phenoxy) is 2. The van der Waals surface area contributed by atoms with E-state index in [0.717, 1.165) is 24.8 Å². The highest BCUT2D eigenvalue weighted by molar-refractivity contribution is 8.00. The summed E-state index contributed by atoms with van der Waals surface area (Å²) < 4.78 is 24.5. The van der Waals surface area contributed by atoms with Crippen LogP contribution in [0.5, 0.6) is 0 Å². The first-order valence-electron chi connectivity index (χ1n) is 9.75. The molecule has 1 aliphatic rings. The number of thioether (sulfide) groups is 1. The van der Waals surface area contributed by atoms with Crippen molar-refractivity contribution in [1.82, 2.24) is 0 Å². The summed E-state index contributed by atoms with van der Waals surface area (Å²) in [6, 6.07) is 2.19. The number of hydrogen-bond acceptors (Lipinski definition) is 7. The monoisotopic (exact) mass is 483 g/mol. The molecule has 7 nitrogen and oxygen atoms in total. The standard InChI is InChI=1S/C22H23ClFNO6S/c1-4-9-31-22(29)15-8-6-5-7-14(15)21(28)25(13(2)26)18-11-19(16(23)10-17(18)24)32-12-20(27)30-3/h4,10-11H,1,5-9,12H2,2-3H3. The molecule has 2 rings (SSSR count). The third-order valence-electron chi connectivity index (χ3n) is 4.64. The van der Waals surface area contributed by atoms with Gasteiger partial charge in [0.1, 0.15) is 12.4 Å². The zero-order valence-corrected chi connectivity index (χ0v) is 19.3. The molecule has 0 spiro atoms. The van der Waals surface area contributed by atoms with Crippen molar-refractivity contribution in [3.8, 4) is 0 Å². The molecule has 0 unspecified atom stereocenters. The number of amides is 2. The lowest BCUT2D eigenvalue weighted by atomic mass is 9.90. The van der Waals surface area contributed by atoms with Gasteiger partial charge in [-0.3, -0.25) is 14.4 Å². The first-order chi connectivity index (χ1) is 15.2. The molecular weight excluding hydrogens is 461 g/mol. The summed E-state index contributed by atoms with van der Waals surface area (Å²) in [5.41, 5.74) is -0.0428. The van der Waals surface area contributed by atoms with Gasteiger partial charge in [0.05, 0.1) is 23.6 Å². The summed E-state index contributed by atoms with van der Waals surface area (Å²) in [7, 11) is 1.23. The van der Waals surface area contributed by atoms with E-state index in [1.165, 1.54) is 19.3 Å².